The highest BCUT2D eigenvalue weighted by Crippen LogP contribution is 2.26. The Morgan fingerprint density at radius 1 is 1.08 bits per heavy atom. The number of sulfonamides is 1. The molecule has 5 nitrogen and oxygen atoms in total. The van der Waals surface area contributed by atoms with Crippen molar-refractivity contribution in [2.75, 3.05) is 0 Å². The summed E-state index contributed by atoms with van der Waals surface area (Å²) in [6.45, 7) is 0. The van der Waals surface area contributed by atoms with Crippen molar-refractivity contribution in [2.45, 2.75) is 18.2 Å². The van der Waals surface area contributed by atoms with Gasteiger partial charge >= 0.3 is 5.97 Å². The van der Waals surface area contributed by atoms with Crippen LogP contribution in [0.1, 0.15) is 11.1 Å². The summed E-state index contributed by atoms with van der Waals surface area (Å²) in [6.07, 6.45) is 0.105. The molecule has 1 aromatic heterocycles. The number of fused-ring (bicyclic) bond motifs is 1. The monoisotopic (exact) mass is 375 g/mol. The highest BCUT2D eigenvalue weighted by atomic mass is 32.2. The van der Waals surface area contributed by atoms with Gasteiger partial charge in [0.25, 0.3) is 0 Å². The summed E-state index contributed by atoms with van der Waals surface area (Å²) in [5.41, 5.74) is 1.44. The molecule has 0 saturated heterocycles. The average Bonchev–Trinajstić information content (AvgIpc) is 2.98. The highest BCUT2D eigenvalue weighted by molar-refractivity contribution is 7.88. The lowest BCUT2D eigenvalue weighted by atomic mass is 10.1. The first kappa shape index (κ1) is 17.6. The Hall–Kier alpha value is -2.22. The van der Waals surface area contributed by atoms with Crippen LogP contribution in [0.25, 0.3) is 10.1 Å². The van der Waals surface area contributed by atoms with E-state index < -0.39 is 22.0 Å². The minimum absolute atomic E-state index is 0.105. The van der Waals surface area contributed by atoms with E-state index in [9.17, 15) is 18.3 Å². The summed E-state index contributed by atoms with van der Waals surface area (Å²) in [5.74, 6) is -1.44. The molecule has 0 amide bonds. The Balaban J connectivity index is 1.78. The van der Waals surface area contributed by atoms with Gasteiger partial charge in [0.05, 0.1) is 5.75 Å². The third-order valence-electron chi connectivity index (χ3n) is 3.80. The van der Waals surface area contributed by atoms with Gasteiger partial charge in [-0.05, 0) is 28.0 Å². The maximum atomic E-state index is 12.3. The number of benzene rings is 2. The number of rotatable bonds is 7. The molecule has 0 radical (unpaired) electrons. The van der Waals surface area contributed by atoms with Crippen LogP contribution < -0.4 is 4.72 Å². The van der Waals surface area contributed by atoms with Crippen LogP contribution in [0.3, 0.4) is 0 Å². The van der Waals surface area contributed by atoms with E-state index in [-0.39, 0.29) is 12.2 Å². The van der Waals surface area contributed by atoms with Gasteiger partial charge in [0, 0.05) is 11.1 Å². The molecule has 2 N–H and O–H groups in total. The first-order chi connectivity index (χ1) is 11.9. The fraction of sp³-hybridized carbons (Fsp3) is 0.167. The Morgan fingerprint density at radius 3 is 2.48 bits per heavy atom. The fourth-order valence-corrected chi connectivity index (χ4v) is 4.95. The van der Waals surface area contributed by atoms with E-state index in [1.807, 2.05) is 29.6 Å². The van der Waals surface area contributed by atoms with E-state index in [0.29, 0.717) is 5.56 Å². The largest absolute Gasteiger partial charge is 0.480 e. The zero-order valence-electron chi connectivity index (χ0n) is 13.3. The second-order valence-corrected chi connectivity index (χ2v) is 8.38. The number of carboxylic acids is 1. The van der Waals surface area contributed by atoms with Crippen LogP contribution in [-0.4, -0.2) is 25.5 Å². The lowest BCUT2D eigenvalue weighted by Gasteiger charge is -2.14. The molecule has 3 rings (SSSR count). The first-order valence-corrected chi connectivity index (χ1v) is 10.2. The number of aliphatic carboxylic acids is 1. The molecule has 2 aromatic carbocycles. The van der Waals surface area contributed by atoms with Crippen molar-refractivity contribution in [1.82, 2.24) is 4.72 Å². The van der Waals surface area contributed by atoms with Crippen LogP contribution >= 0.6 is 11.3 Å². The van der Waals surface area contributed by atoms with Gasteiger partial charge in [-0.2, -0.15) is 0 Å². The third kappa shape index (κ3) is 4.45. The van der Waals surface area contributed by atoms with E-state index >= 15 is 0 Å². The molecule has 3 aromatic rings. The summed E-state index contributed by atoms with van der Waals surface area (Å²) in [5, 5.41) is 12.3. The molecule has 1 unspecified atom stereocenters. The van der Waals surface area contributed by atoms with Crippen LogP contribution in [0.2, 0.25) is 0 Å². The molecule has 0 aliphatic heterocycles. The predicted molar refractivity (Wildman–Crippen MR) is 99.2 cm³/mol. The van der Waals surface area contributed by atoms with E-state index in [1.165, 1.54) is 11.3 Å². The lowest BCUT2D eigenvalue weighted by Crippen LogP contribution is -2.42. The number of nitrogens with one attached hydrogen (secondary N) is 1. The van der Waals surface area contributed by atoms with Gasteiger partial charge in [-0.25, -0.2) is 13.1 Å². The quantitative estimate of drug-likeness (QED) is 0.665. The van der Waals surface area contributed by atoms with Gasteiger partial charge < -0.3 is 5.11 Å². The van der Waals surface area contributed by atoms with Gasteiger partial charge in [-0.15, -0.1) is 11.3 Å². The van der Waals surface area contributed by atoms with Gasteiger partial charge in [0.1, 0.15) is 6.04 Å². The van der Waals surface area contributed by atoms with Crippen molar-refractivity contribution in [3.8, 4) is 0 Å². The Morgan fingerprint density at radius 2 is 1.76 bits per heavy atom. The molecule has 1 atom stereocenters. The molecule has 1 heterocycles. The standard InChI is InChI=1S/C18H17NO4S2/c20-18(21)16(10-14-11-24-17-9-5-4-8-15(14)17)19-25(22,23)12-13-6-2-1-3-7-13/h1-9,11,16,19H,10,12H2,(H,20,21). The SMILES string of the molecule is O=C(O)C(Cc1csc2ccccc12)NS(=O)(=O)Cc1ccccc1. The van der Waals surface area contributed by atoms with Crippen LogP contribution in [0.4, 0.5) is 0 Å². The number of hydrogen-bond donors (Lipinski definition) is 2. The summed E-state index contributed by atoms with van der Waals surface area (Å²) >= 11 is 1.52. The van der Waals surface area contributed by atoms with Gasteiger partial charge in [0.2, 0.25) is 10.0 Å². The molecular weight excluding hydrogens is 358 g/mol. The van der Waals surface area contributed by atoms with Crippen molar-refractivity contribution >= 4 is 37.4 Å². The van der Waals surface area contributed by atoms with Crippen molar-refractivity contribution < 1.29 is 18.3 Å². The van der Waals surface area contributed by atoms with E-state index in [1.54, 1.807) is 30.3 Å². The van der Waals surface area contributed by atoms with E-state index in [2.05, 4.69) is 4.72 Å². The van der Waals surface area contributed by atoms with E-state index in [0.717, 1.165) is 15.6 Å². The number of carboxylic acid groups (broad SMARTS) is 1. The summed E-state index contributed by atoms with van der Waals surface area (Å²) in [6, 6.07) is 15.2. The molecule has 7 heteroatoms. The molecule has 0 saturated carbocycles. The van der Waals surface area contributed by atoms with Crippen LogP contribution in [0.15, 0.2) is 60.0 Å². The Labute approximate surface area is 150 Å². The van der Waals surface area contributed by atoms with Crippen molar-refractivity contribution in [1.29, 1.82) is 0 Å². The Bertz CT molecular complexity index is 980. The summed E-state index contributed by atoms with van der Waals surface area (Å²) in [4.78, 5) is 11.6. The highest BCUT2D eigenvalue weighted by Gasteiger charge is 2.25. The maximum Gasteiger partial charge on any atom is 0.322 e. The van der Waals surface area contributed by atoms with Crippen LogP contribution in [0.5, 0.6) is 0 Å². The molecule has 0 aliphatic rings. The molecule has 130 valence electrons. The van der Waals surface area contributed by atoms with Crippen LogP contribution in [-0.2, 0) is 27.0 Å². The number of hydrogen-bond acceptors (Lipinski definition) is 4. The molecule has 0 spiro atoms. The van der Waals surface area contributed by atoms with Crippen molar-refractivity contribution in [3.63, 3.8) is 0 Å². The molecule has 25 heavy (non-hydrogen) atoms. The molecular formula is C18H17NO4S2. The predicted octanol–water partition coefficient (Wildman–Crippen LogP) is 3.02. The molecule has 0 bridgehead atoms. The fourth-order valence-electron chi connectivity index (χ4n) is 2.64. The maximum absolute atomic E-state index is 12.3. The van der Waals surface area contributed by atoms with Crippen molar-refractivity contribution in [2.24, 2.45) is 0 Å². The average molecular weight is 375 g/mol. The topological polar surface area (TPSA) is 83.5 Å². The van der Waals surface area contributed by atoms with Crippen molar-refractivity contribution in [3.05, 3.63) is 71.1 Å². The van der Waals surface area contributed by atoms with E-state index in [4.69, 9.17) is 0 Å². The minimum atomic E-state index is -3.76. The summed E-state index contributed by atoms with van der Waals surface area (Å²) < 4.78 is 28.0. The second kappa shape index (κ2) is 7.35. The Kier molecular flexibility index (Phi) is 5.17. The number of thiophene rings is 1. The lowest BCUT2D eigenvalue weighted by molar-refractivity contribution is -0.138. The van der Waals surface area contributed by atoms with Gasteiger partial charge in [-0.1, -0.05) is 48.5 Å². The smallest absolute Gasteiger partial charge is 0.322 e. The zero-order valence-corrected chi connectivity index (χ0v) is 14.9. The third-order valence-corrected chi connectivity index (χ3v) is 6.17. The first-order valence-electron chi connectivity index (χ1n) is 7.66. The second-order valence-electron chi connectivity index (χ2n) is 5.71. The van der Waals surface area contributed by atoms with Crippen LogP contribution in [0, 0.1) is 0 Å². The molecule has 0 aliphatic carbocycles. The minimum Gasteiger partial charge on any atom is -0.480 e. The molecule has 0 fully saturated rings. The van der Waals surface area contributed by atoms with Gasteiger partial charge in [-0.3, -0.25) is 4.79 Å². The zero-order chi connectivity index (χ0) is 17.9. The number of carbonyl (C=O) groups is 1. The van der Waals surface area contributed by atoms with Gasteiger partial charge in [0.15, 0.2) is 0 Å². The summed E-state index contributed by atoms with van der Waals surface area (Å²) in [7, 11) is -3.76. The normalized spacial score (nSPS) is 13.0.